The maximum absolute atomic E-state index is 12.9. The number of hydrogen-bond acceptors (Lipinski definition) is 5. The van der Waals surface area contributed by atoms with Crippen LogP contribution >= 0.6 is 11.6 Å². The monoisotopic (exact) mass is 486 g/mol. The molecular formula is C25H18ClF3N2O3. The molecule has 0 N–H and O–H groups in total. The molecule has 0 radical (unpaired) electrons. The van der Waals surface area contributed by atoms with E-state index in [-0.39, 0.29) is 24.2 Å². The number of aromatic nitrogens is 1. The molecule has 0 spiro atoms. The number of hydrogen-bond donors (Lipinski definition) is 0. The molecule has 1 heterocycles. The number of carbonyl (C=O) groups is 2. The van der Waals surface area contributed by atoms with E-state index < -0.39 is 34.4 Å². The summed E-state index contributed by atoms with van der Waals surface area (Å²) in [4.78, 5) is 28.9. The van der Waals surface area contributed by atoms with Gasteiger partial charge in [0.2, 0.25) is 0 Å². The molecule has 5 nitrogen and oxygen atoms in total. The van der Waals surface area contributed by atoms with E-state index in [1.54, 1.807) is 18.3 Å². The molecule has 0 saturated carbocycles. The first kappa shape index (κ1) is 24.9. The van der Waals surface area contributed by atoms with Crippen molar-refractivity contribution < 1.29 is 27.5 Å². The van der Waals surface area contributed by atoms with Crippen molar-refractivity contribution in [3.8, 4) is 6.07 Å². The molecule has 0 aliphatic carbocycles. The number of alkyl halides is 3. The van der Waals surface area contributed by atoms with Crippen molar-refractivity contribution >= 4 is 40.3 Å². The Kier molecular flexibility index (Phi) is 7.69. The average molecular weight is 487 g/mol. The van der Waals surface area contributed by atoms with Crippen LogP contribution < -0.4 is 0 Å². The van der Waals surface area contributed by atoms with E-state index in [0.717, 1.165) is 17.5 Å². The third-order valence-electron chi connectivity index (χ3n) is 5.08. The third kappa shape index (κ3) is 5.80. The summed E-state index contributed by atoms with van der Waals surface area (Å²) in [6.45, 7) is 1.01. The number of carbonyl (C=O) groups excluding carboxylic acids is 2. The Morgan fingerprint density at radius 1 is 1.21 bits per heavy atom. The lowest BCUT2D eigenvalue weighted by atomic mass is 9.96. The standard InChI is InChI=1S/C25H18ClF3N2O3/c1-15(32)20(12-17-8-10-31-23-5-3-2-4-19(17)23)24(33)34-11-9-18(14-30)16-6-7-21(22(26)13-16)25(27,28)29/h2-8,10,12-13,18H,9,11H2,1H3. The van der Waals surface area contributed by atoms with Gasteiger partial charge in [-0.1, -0.05) is 35.9 Å². The normalized spacial score (nSPS) is 12.8. The smallest absolute Gasteiger partial charge is 0.417 e. The van der Waals surface area contributed by atoms with Gasteiger partial charge in [-0.3, -0.25) is 9.78 Å². The van der Waals surface area contributed by atoms with Crippen LogP contribution in [0.15, 0.2) is 60.3 Å². The highest BCUT2D eigenvalue weighted by molar-refractivity contribution is 6.31. The van der Waals surface area contributed by atoms with Crippen molar-refractivity contribution in [3.63, 3.8) is 0 Å². The summed E-state index contributed by atoms with van der Waals surface area (Å²) >= 11 is 5.73. The Labute approximate surface area is 198 Å². The molecule has 174 valence electrons. The van der Waals surface area contributed by atoms with E-state index in [9.17, 15) is 28.0 Å². The number of nitrogens with zero attached hydrogens (tertiary/aromatic N) is 2. The highest BCUT2D eigenvalue weighted by Gasteiger charge is 2.33. The Morgan fingerprint density at radius 3 is 2.59 bits per heavy atom. The molecule has 34 heavy (non-hydrogen) atoms. The first-order valence-electron chi connectivity index (χ1n) is 10.1. The van der Waals surface area contributed by atoms with Gasteiger partial charge in [0.15, 0.2) is 5.78 Å². The number of fused-ring (bicyclic) bond motifs is 1. The Hall–Kier alpha value is -3.70. The van der Waals surface area contributed by atoms with Gasteiger partial charge in [0, 0.05) is 18.0 Å². The van der Waals surface area contributed by atoms with Crippen LogP contribution in [0.5, 0.6) is 0 Å². The molecule has 0 aliphatic heterocycles. The van der Waals surface area contributed by atoms with Gasteiger partial charge in [0.1, 0.15) is 5.57 Å². The van der Waals surface area contributed by atoms with E-state index >= 15 is 0 Å². The van der Waals surface area contributed by atoms with Crippen LogP contribution in [-0.2, 0) is 20.5 Å². The SMILES string of the molecule is CC(=O)C(=Cc1ccnc2ccccc12)C(=O)OCCC(C#N)c1ccc(C(F)(F)F)c(Cl)c1. The van der Waals surface area contributed by atoms with E-state index in [0.29, 0.717) is 11.1 Å². The first-order valence-corrected chi connectivity index (χ1v) is 10.5. The molecule has 9 heteroatoms. The molecule has 0 saturated heterocycles. The maximum atomic E-state index is 12.9. The Bertz CT molecular complexity index is 1310. The molecule has 0 aliphatic rings. The van der Waals surface area contributed by atoms with Crippen LogP contribution in [0.4, 0.5) is 13.2 Å². The molecule has 1 unspecified atom stereocenters. The fraction of sp³-hybridized carbons (Fsp3) is 0.200. The van der Waals surface area contributed by atoms with Crippen molar-refractivity contribution in [1.29, 1.82) is 5.26 Å². The second-order valence-electron chi connectivity index (χ2n) is 7.37. The van der Waals surface area contributed by atoms with Crippen molar-refractivity contribution in [1.82, 2.24) is 4.98 Å². The van der Waals surface area contributed by atoms with Crippen molar-refractivity contribution in [2.24, 2.45) is 0 Å². The Morgan fingerprint density at radius 2 is 1.94 bits per heavy atom. The highest BCUT2D eigenvalue weighted by atomic mass is 35.5. The molecular weight excluding hydrogens is 469 g/mol. The second-order valence-corrected chi connectivity index (χ2v) is 7.78. The highest BCUT2D eigenvalue weighted by Crippen LogP contribution is 2.36. The molecule has 2 aromatic carbocycles. The molecule has 1 aromatic heterocycles. The summed E-state index contributed by atoms with van der Waals surface area (Å²) in [5.41, 5.74) is 0.395. The fourth-order valence-corrected chi connectivity index (χ4v) is 3.63. The summed E-state index contributed by atoms with van der Waals surface area (Å²) in [6.07, 6.45) is -1.62. The third-order valence-corrected chi connectivity index (χ3v) is 5.39. The lowest BCUT2D eigenvalue weighted by molar-refractivity contribution is -0.140. The van der Waals surface area contributed by atoms with Gasteiger partial charge in [0.25, 0.3) is 0 Å². The minimum absolute atomic E-state index is 0.00725. The van der Waals surface area contributed by atoms with Gasteiger partial charge in [-0.25, -0.2) is 4.79 Å². The number of pyridine rings is 1. The summed E-state index contributed by atoms with van der Waals surface area (Å²) in [7, 11) is 0. The van der Waals surface area contributed by atoms with Gasteiger partial charge in [-0.05, 0) is 48.4 Å². The number of esters is 1. The lowest BCUT2D eigenvalue weighted by Crippen LogP contribution is -2.15. The molecule has 3 rings (SSSR count). The molecule has 0 bridgehead atoms. The number of rotatable bonds is 7. The maximum Gasteiger partial charge on any atom is 0.417 e. The quantitative estimate of drug-likeness (QED) is 0.174. The number of para-hydroxylation sites is 1. The van der Waals surface area contributed by atoms with Crippen LogP contribution in [0.1, 0.15) is 36.0 Å². The van der Waals surface area contributed by atoms with E-state index in [1.807, 2.05) is 24.3 Å². The molecule has 0 fully saturated rings. The topological polar surface area (TPSA) is 80.1 Å². The summed E-state index contributed by atoms with van der Waals surface area (Å²) in [5, 5.41) is 9.66. The van der Waals surface area contributed by atoms with Crippen LogP contribution in [-0.4, -0.2) is 23.3 Å². The summed E-state index contributed by atoms with van der Waals surface area (Å²) in [6, 6.07) is 13.9. The van der Waals surface area contributed by atoms with Gasteiger partial charge in [-0.2, -0.15) is 18.4 Å². The fourth-order valence-electron chi connectivity index (χ4n) is 3.33. The van der Waals surface area contributed by atoms with Crippen LogP contribution in [0, 0.1) is 11.3 Å². The molecule has 3 aromatic rings. The minimum Gasteiger partial charge on any atom is -0.462 e. The zero-order chi connectivity index (χ0) is 24.9. The minimum atomic E-state index is -4.61. The number of ether oxygens (including phenoxy) is 1. The van der Waals surface area contributed by atoms with E-state index in [1.165, 1.54) is 19.1 Å². The zero-order valence-corrected chi connectivity index (χ0v) is 18.7. The van der Waals surface area contributed by atoms with E-state index in [2.05, 4.69) is 4.98 Å². The predicted molar refractivity (Wildman–Crippen MR) is 121 cm³/mol. The van der Waals surface area contributed by atoms with Crippen molar-refractivity contribution in [2.75, 3.05) is 6.61 Å². The van der Waals surface area contributed by atoms with Gasteiger partial charge >= 0.3 is 12.1 Å². The summed E-state index contributed by atoms with van der Waals surface area (Å²) < 4.78 is 43.9. The van der Waals surface area contributed by atoms with Crippen molar-refractivity contribution in [2.45, 2.75) is 25.4 Å². The van der Waals surface area contributed by atoms with Crippen molar-refractivity contribution in [3.05, 3.63) is 82.0 Å². The second kappa shape index (κ2) is 10.5. The predicted octanol–water partition coefficient (Wildman–Crippen LogP) is 6.12. The van der Waals surface area contributed by atoms with Gasteiger partial charge in [0.05, 0.1) is 34.7 Å². The number of ketones is 1. The number of nitriles is 1. The summed E-state index contributed by atoms with van der Waals surface area (Å²) in [5.74, 6) is -2.23. The van der Waals surface area contributed by atoms with Gasteiger partial charge in [-0.15, -0.1) is 0 Å². The van der Waals surface area contributed by atoms with Crippen LogP contribution in [0.25, 0.3) is 17.0 Å². The van der Waals surface area contributed by atoms with Crippen LogP contribution in [0.2, 0.25) is 5.02 Å². The number of benzene rings is 2. The number of halogens is 4. The molecule has 0 amide bonds. The largest absolute Gasteiger partial charge is 0.462 e. The zero-order valence-electron chi connectivity index (χ0n) is 17.9. The van der Waals surface area contributed by atoms with Crippen LogP contribution in [0.3, 0.4) is 0 Å². The average Bonchev–Trinajstić information content (AvgIpc) is 2.79. The Balaban J connectivity index is 1.73. The lowest BCUT2D eigenvalue weighted by Gasteiger charge is -2.14. The first-order chi connectivity index (χ1) is 16.1. The number of Topliss-reactive ketones (excluding diaryl/α,β-unsaturated/α-hetero) is 1. The van der Waals surface area contributed by atoms with E-state index in [4.69, 9.17) is 16.3 Å². The molecule has 1 atom stereocenters. The van der Waals surface area contributed by atoms with Gasteiger partial charge < -0.3 is 4.74 Å².